The first-order chi connectivity index (χ1) is 15.4. The standard InChI is InChI=1S/C19H21ClFN3O7S2/c1-2-7-32(27,28)22-10-13-11-24(33(29,30)14-4-5-16(21)15(20)9-14)17-8-12(23-19(25)26)3-6-18(17)31-13/h3-6,8-9,13,22-23H,2,7,10-11H2,1H3,(H,25,26). The van der Waals surface area contributed by atoms with Crippen molar-refractivity contribution in [2.24, 2.45) is 0 Å². The first-order valence-electron chi connectivity index (χ1n) is 9.68. The van der Waals surface area contributed by atoms with Gasteiger partial charge in [-0.3, -0.25) is 9.62 Å². The fourth-order valence-corrected chi connectivity index (χ4v) is 6.06. The molecule has 0 saturated heterocycles. The number of carbonyl (C=O) groups is 1. The lowest BCUT2D eigenvalue weighted by Crippen LogP contribution is -2.48. The second kappa shape index (κ2) is 9.71. The van der Waals surface area contributed by atoms with E-state index in [-0.39, 0.29) is 40.9 Å². The Morgan fingerprint density at radius 3 is 2.61 bits per heavy atom. The van der Waals surface area contributed by atoms with Crippen LogP contribution in [0.4, 0.5) is 20.6 Å². The molecule has 1 atom stereocenters. The predicted octanol–water partition coefficient (Wildman–Crippen LogP) is 2.85. The van der Waals surface area contributed by atoms with Crippen LogP contribution in [0.25, 0.3) is 0 Å². The summed E-state index contributed by atoms with van der Waals surface area (Å²) in [5.74, 6) is -0.806. The van der Waals surface area contributed by atoms with E-state index in [1.807, 2.05) is 0 Å². The number of nitrogens with one attached hydrogen (secondary N) is 2. The molecule has 2 aromatic carbocycles. The molecule has 1 amide bonds. The SMILES string of the molecule is CCCS(=O)(=O)NCC1CN(S(=O)(=O)c2ccc(F)c(Cl)c2)c2cc(NC(=O)O)ccc2O1. The summed E-state index contributed by atoms with van der Waals surface area (Å²) < 4.78 is 73.6. The predicted molar refractivity (Wildman–Crippen MR) is 121 cm³/mol. The van der Waals surface area contributed by atoms with Gasteiger partial charge in [0, 0.05) is 12.2 Å². The summed E-state index contributed by atoms with van der Waals surface area (Å²) in [6, 6.07) is 6.92. The summed E-state index contributed by atoms with van der Waals surface area (Å²) in [6.07, 6.45) is -1.85. The van der Waals surface area contributed by atoms with Gasteiger partial charge in [0.1, 0.15) is 17.7 Å². The van der Waals surface area contributed by atoms with Crippen LogP contribution < -0.4 is 19.1 Å². The van der Waals surface area contributed by atoms with Crippen LogP contribution in [0.3, 0.4) is 0 Å². The molecule has 0 spiro atoms. The molecule has 0 radical (unpaired) electrons. The maximum Gasteiger partial charge on any atom is 0.409 e. The zero-order chi connectivity index (χ0) is 24.4. The Bertz CT molecular complexity index is 1270. The van der Waals surface area contributed by atoms with Crippen molar-refractivity contribution in [3.63, 3.8) is 0 Å². The van der Waals surface area contributed by atoms with Crippen LogP contribution in [0.2, 0.25) is 5.02 Å². The van der Waals surface area contributed by atoms with E-state index in [0.29, 0.717) is 6.42 Å². The van der Waals surface area contributed by atoms with Gasteiger partial charge in [0.05, 0.1) is 27.9 Å². The number of hydrogen-bond donors (Lipinski definition) is 3. The highest BCUT2D eigenvalue weighted by atomic mass is 35.5. The summed E-state index contributed by atoms with van der Waals surface area (Å²) >= 11 is 5.77. The molecule has 1 unspecified atom stereocenters. The maximum absolute atomic E-state index is 13.6. The monoisotopic (exact) mass is 521 g/mol. The molecule has 3 N–H and O–H groups in total. The highest BCUT2D eigenvalue weighted by Crippen LogP contribution is 2.39. The average Bonchev–Trinajstić information content (AvgIpc) is 2.73. The Morgan fingerprint density at radius 1 is 1.24 bits per heavy atom. The van der Waals surface area contributed by atoms with Crippen LogP contribution in [0.15, 0.2) is 41.3 Å². The molecule has 1 aliphatic heterocycles. The van der Waals surface area contributed by atoms with Crippen LogP contribution in [-0.2, 0) is 20.0 Å². The molecule has 180 valence electrons. The molecule has 0 saturated carbocycles. The molecule has 0 aromatic heterocycles. The van der Waals surface area contributed by atoms with E-state index in [1.54, 1.807) is 6.92 Å². The second-order valence-corrected chi connectivity index (χ2v) is 11.3. The third kappa shape index (κ3) is 5.85. The number of rotatable bonds is 8. The molecule has 2 aromatic rings. The minimum Gasteiger partial charge on any atom is -0.485 e. The van der Waals surface area contributed by atoms with Crippen LogP contribution in [0.5, 0.6) is 5.75 Å². The van der Waals surface area contributed by atoms with Gasteiger partial charge in [0.25, 0.3) is 10.0 Å². The van der Waals surface area contributed by atoms with Gasteiger partial charge in [-0.05, 0) is 42.8 Å². The molecule has 0 aliphatic carbocycles. The molecule has 10 nitrogen and oxygen atoms in total. The minimum absolute atomic E-state index is 0.0226. The Kier molecular flexibility index (Phi) is 7.36. The Hall–Kier alpha value is -2.61. The van der Waals surface area contributed by atoms with E-state index in [1.165, 1.54) is 18.2 Å². The van der Waals surface area contributed by atoms with Crippen LogP contribution >= 0.6 is 11.6 Å². The molecule has 3 rings (SSSR count). The number of carboxylic acid groups (broad SMARTS) is 1. The van der Waals surface area contributed by atoms with Gasteiger partial charge in [0.15, 0.2) is 0 Å². The zero-order valence-electron chi connectivity index (χ0n) is 17.3. The highest BCUT2D eigenvalue weighted by molar-refractivity contribution is 7.92. The third-order valence-electron chi connectivity index (χ3n) is 4.62. The third-order valence-corrected chi connectivity index (χ3v) is 8.24. The van der Waals surface area contributed by atoms with E-state index in [4.69, 9.17) is 21.4 Å². The number of nitrogens with zero attached hydrogens (tertiary/aromatic N) is 1. The van der Waals surface area contributed by atoms with E-state index in [9.17, 15) is 26.0 Å². The largest absolute Gasteiger partial charge is 0.485 e. The van der Waals surface area contributed by atoms with Crippen molar-refractivity contribution >= 4 is 49.1 Å². The van der Waals surface area contributed by atoms with Gasteiger partial charge in [-0.15, -0.1) is 0 Å². The smallest absolute Gasteiger partial charge is 0.409 e. The Morgan fingerprint density at radius 2 is 1.97 bits per heavy atom. The molecule has 0 fully saturated rings. The summed E-state index contributed by atoms with van der Waals surface area (Å²) in [5.41, 5.74) is 0.110. The summed E-state index contributed by atoms with van der Waals surface area (Å²) in [6.45, 7) is 1.21. The Balaban J connectivity index is 2.01. The Labute approximate surface area is 195 Å². The van der Waals surface area contributed by atoms with E-state index >= 15 is 0 Å². The molecule has 33 heavy (non-hydrogen) atoms. The second-order valence-electron chi connectivity index (χ2n) is 7.13. The fraction of sp³-hybridized carbons (Fsp3) is 0.316. The van der Waals surface area contributed by atoms with Crippen LogP contribution in [-0.4, -0.2) is 53.0 Å². The molecule has 1 heterocycles. The lowest BCUT2D eigenvalue weighted by atomic mass is 10.2. The summed E-state index contributed by atoms with van der Waals surface area (Å²) in [7, 11) is -7.88. The van der Waals surface area contributed by atoms with Gasteiger partial charge in [-0.25, -0.2) is 30.7 Å². The van der Waals surface area contributed by atoms with Crippen molar-refractivity contribution in [2.75, 3.05) is 28.5 Å². The number of anilines is 2. The van der Waals surface area contributed by atoms with E-state index in [0.717, 1.165) is 22.5 Å². The van der Waals surface area contributed by atoms with E-state index in [2.05, 4.69) is 10.0 Å². The molecule has 0 bridgehead atoms. The first-order valence-corrected chi connectivity index (χ1v) is 13.2. The van der Waals surface area contributed by atoms with Crippen molar-refractivity contribution in [3.05, 3.63) is 47.2 Å². The molecule has 14 heteroatoms. The van der Waals surface area contributed by atoms with Crippen LogP contribution in [0.1, 0.15) is 13.3 Å². The quantitative estimate of drug-likeness (QED) is 0.484. The van der Waals surface area contributed by atoms with Gasteiger partial charge in [-0.1, -0.05) is 18.5 Å². The van der Waals surface area contributed by atoms with Gasteiger partial charge in [0.2, 0.25) is 10.0 Å². The summed E-state index contributed by atoms with van der Waals surface area (Å²) in [5, 5.41) is 10.7. The number of halogens is 2. The van der Waals surface area contributed by atoms with Gasteiger partial charge < -0.3 is 9.84 Å². The van der Waals surface area contributed by atoms with E-state index < -0.39 is 43.1 Å². The summed E-state index contributed by atoms with van der Waals surface area (Å²) in [4.78, 5) is 10.7. The number of hydrogen-bond acceptors (Lipinski definition) is 6. The molecular formula is C19H21ClFN3O7S2. The van der Waals surface area contributed by atoms with Crippen molar-refractivity contribution in [2.45, 2.75) is 24.3 Å². The van der Waals surface area contributed by atoms with Crippen molar-refractivity contribution in [1.29, 1.82) is 0 Å². The highest BCUT2D eigenvalue weighted by Gasteiger charge is 2.35. The van der Waals surface area contributed by atoms with Gasteiger partial charge in [-0.2, -0.15) is 0 Å². The maximum atomic E-state index is 13.6. The van der Waals surface area contributed by atoms with Crippen molar-refractivity contribution in [1.82, 2.24) is 4.72 Å². The van der Waals surface area contributed by atoms with Gasteiger partial charge >= 0.3 is 6.09 Å². The van der Waals surface area contributed by atoms with Crippen molar-refractivity contribution in [3.8, 4) is 5.75 Å². The minimum atomic E-state index is -4.31. The molecular weight excluding hydrogens is 501 g/mol. The molecule has 1 aliphatic rings. The van der Waals surface area contributed by atoms with Crippen LogP contribution in [0, 0.1) is 5.82 Å². The number of amides is 1. The number of ether oxygens (including phenoxy) is 1. The lowest BCUT2D eigenvalue weighted by molar-refractivity contribution is 0.203. The topological polar surface area (TPSA) is 142 Å². The zero-order valence-corrected chi connectivity index (χ0v) is 19.7. The number of benzene rings is 2. The van der Waals surface area contributed by atoms with Crippen molar-refractivity contribution < 1.29 is 35.9 Å². The number of sulfonamides is 2. The fourth-order valence-electron chi connectivity index (χ4n) is 3.17. The average molecular weight is 522 g/mol. The number of fused-ring (bicyclic) bond motifs is 1. The lowest BCUT2D eigenvalue weighted by Gasteiger charge is -2.35. The normalized spacial score (nSPS) is 16.1. The first kappa shape index (κ1) is 25.0.